The number of benzene rings is 1. The first-order valence-corrected chi connectivity index (χ1v) is 6.83. The molecule has 0 spiro atoms. The van der Waals surface area contributed by atoms with Gasteiger partial charge in [0.2, 0.25) is 0 Å². The van der Waals surface area contributed by atoms with Gasteiger partial charge in [-0.25, -0.2) is 0 Å². The molecule has 0 aromatic heterocycles. The lowest BCUT2D eigenvalue weighted by Gasteiger charge is -2.18. The van der Waals surface area contributed by atoms with Crippen molar-refractivity contribution in [3.8, 4) is 0 Å². The van der Waals surface area contributed by atoms with Crippen molar-refractivity contribution in [3.63, 3.8) is 0 Å². The number of ether oxygens (including phenoxy) is 2. The summed E-state index contributed by atoms with van der Waals surface area (Å²) < 4.78 is 11.0. The summed E-state index contributed by atoms with van der Waals surface area (Å²) in [6.07, 6.45) is 0.822. The molecule has 0 saturated carbocycles. The van der Waals surface area contributed by atoms with Gasteiger partial charge < -0.3 is 14.6 Å². The van der Waals surface area contributed by atoms with Crippen LogP contribution >= 0.6 is 11.8 Å². The summed E-state index contributed by atoms with van der Waals surface area (Å²) in [5, 5.41) is 11.8. The summed E-state index contributed by atoms with van der Waals surface area (Å²) in [7, 11) is 0. The minimum atomic E-state index is -0.636. The van der Waals surface area contributed by atoms with Gasteiger partial charge in [-0.3, -0.25) is 0 Å². The Morgan fingerprint density at radius 2 is 2.11 bits per heavy atom. The van der Waals surface area contributed by atoms with E-state index in [4.69, 9.17) is 9.47 Å². The Labute approximate surface area is 112 Å². The first kappa shape index (κ1) is 13.6. The molecule has 1 aliphatic rings. The van der Waals surface area contributed by atoms with E-state index in [-0.39, 0.29) is 6.10 Å². The normalized spacial score (nSPS) is 24.5. The Morgan fingerprint density at radius 1 is 1.39 bits per heavy atom. The maximum absolute atomic E-state index is 9.95. The summed E-state index contributed by atoms with van der Waals surface area (Å²) in [6.45, 7) is 4.12. The summed E-state index contributed by atoms with van der Waals surface area (Å²) in [4.78, 5) is 1.14. The zero-order valence-corrected chi connectivity index (χ0v) is 11.4. The molecule has 18 heavy (non-hydrogen) atoms. The average Bonchev–Trinajstić information content (AvgIpc) is 2.71. The molecule has 0 bridgehead atoms. The van der Waals surface area contributed by atoms with E-state index in [9.17, 15) is 5.11 Å². The molecule has 1 aliphatic heterocycles. The molecule has 0 unspecified atom stereocenters. The van der Waals surface area contributed by atoms with Gasteiger partial charge in [-0.15, -0.1) is 0 Å². The van der Waals surface area contributed by atoms with E-state index >= 15 is 0 Å². The third-order valence-corrected chi connectivity index (χ3v) is 3.47. The van der Waals surface area contributed by atoms with Crippen molar-refractivity contribution in [1.82, 2.24) is 0 Å². The molecule has 1 N–H and O–H groups in total. The van der Waals surface area contributed by atoms with Crippen LogP contribution in [0.3, 0.4) is 0 Å². The van der Waals surface area contributed by atoms with Gasteiger partial charge in [0, 0.05) is 4.90 Å². The second-order valence-corrected chi connectivity index (χ2v) is 5.60. The predicted octanol–water partition coefficient (Wildman–Crippen LogP) is 2.80. The fraction of sp³-hybridized carbons (Fsp3) is 0.429. The van der Waals surface area contributed by atoms with Crippen LogP contribution in [-0.4, -0.2) is 29.7 Å². The van der Waals surface area contributed by atoms with Crippen molar-refractivity contribution in [2.75, 3.05) is 6.61 Å². The van der Waals surface area contributed by atoms with E-state index in [1.54, 1.807) is 17.8 Å². The number of hydrogen-bond acceptors (Lipinski definition) is 4. The fourth-order valence-corrected chi connectivity index (χ4v) is 2.42. The lowest BCUT2D eigenvalue weighted by Crippen LogP contribution is -2.29. The van der Waals surface area contributed by atoms with Crippen LogP contribution in [0.4, 0.5) is 0 Å². The monoisotopic (exact) mass is 266 g/mol. The van der Waals surface area contributed by atoms with Gasteiger partial charge in [0.1, 0.15) is 12.2 Å². The molecule has 2 rings (SSSR count). The Kier molecular flexibility index (Phi) is 4.45. The Balaban J connectivity index is 1.83. The highest BCUT2D eigenvalue weighted by Crippen LogP contribution is 2.25. The topological polar surface area (TPSA) is 38.7 Å². The molecule has 0 aliphatic carbocycles. The predicted molar refractivity (Wildman–Crippen MR) is 72.3 cm³/mol. The van der Waals surface area contributed by atoms with Crippen molar-refractivity contribution in [3.05, 3.63) is 41.8 Å². The van der Waals surface area contributed by atoms with Gasteiger partial charge >= 0.3 is 0 Å². The molecule has 1 fully saturated rings. The van der Waals surface area contributed by atoms with Crippen LogP contribution in [0.5, 0.6) is 0 Å². The van der Waals surface area contributed by atoms with Gasteiger partial charge in [0.15, 0.2) is 5.79 Å². The Morgan fingerprint density at radius 3 is 2.72 bits per heavy atom. The summed E-state index contributed by atoms with van der Waals surface area (Å²) in [5.41, 5.74) is 0. The first-order valence-electron chi connectivity index (χ1n) is 5.95. The van der Waals surface area contributed by atoms with Crippen LogP contribution in [0.25, 0.3) is 0 Å². The highest BCUT2D eigenvalue weighted by Gasteiger charge is 2.35. The number of aliphatic hydroxyl groups excluding tert-OH is 1. The number of hydrogen-bond donors (Lipinski definition) is 1. The minimum Gasteiger partial charge on any atom is -0.386 e. The fourth-order valence-electron chi connectivity index (χ4n) is 1.71. The van der Waals surface area contributed by atoms with Crippen LogP contribution in [0, 0.1) is 0 Å². The number of rotatable bonds is 4. The molecule has 2 atom stereocenters. The number of aliphatic hydroxyl groups is 1. The second kappa shape index (κ2) is 5.89. The Bertz CT molecular complexity index is 403. The zero-order chi connectivity index (χ0) is 13.0. The molecule has 1 saturated heterocycles. The van der Waals surface area contributed by atoms with Crippen LogP contribution in [0.15, 0.2) is 46.7 Å². The van der Waals surface area contributed by atoms with Crippen molar-refractivity contribution in [2.45, 2.75) is 36.7 Å². The summed E-state index contributed by atoms with van der Waals surface area (Å²) in [6, 6.07) is 10.0. The van der Waals surface area contributed by atoms with Crippen molar-refractivity contribution in [1.29, 1.82) is 0 Å². The van der Waals surface area contributed by atoms with Gasteiger partial charge in [-0.05, 0) is 37.5 Å². The molecule has 3 nitrogen and oxygen atoms in total. The quantitative estimate of drug-likeness (QED) is 0.851. The van der Waals surface area contributed by atoms with E-state index in [1.807, 2.05) is 49.6 Å². The maximum atomic E-state index is 9.95. The lowest BCUT2D eigenvalue weighted by atomic mass is 10.2. The van der Waals surface area contributed by atoms with Gasteiger partial charge in [-0.1, -0.05) is 30.0 Å². The molecular weight excluding hydrogens is 248 g/mol. The van der Waals surface area contributed by atoms with Gasteiger partial charge in [-0.2, -0.15) is 0 Å². The molecule has 1 heterocycles. The number of thioether (sulfide) groups is 1. The third-order valence-electron chi connectivity index (χ3n) is 2.63. The molecule has 4 heteroatoms. The summed E-state index contributed by atoms with van der Waals surface area (Å²) >= 11 is 1.57. The lowest BCUT2D eigenvalue weighted by molar-refractivity contribution is -0.147. The maximum Gasteiger partial charge on any atom is 0.163 e. The van der Waals surface area contributed by atoms with E-state index in [0.717, 1.165) is 4.90 Å². The first-order chi connectivity index (χ1) is 8.57. The van der Waals surface area contributed by atoms with E-state index in [0.29, 0.717) is 6.61 Å². The summed E-state index contributed by atoms with van der Waals surface area (Å²) in [5.74, 6) is -0.591. The molecule has 0 radical (unpaired) electrons. The Hall–Kier alpha value is -0.810. The van der Waals surface area contributed by atoms with Crippen molar-refractivity contribution in [2.24, 2.45) is 0 Å². The van der Waals surface area contributed by atoms with Crippen LogP contribution < -0.4 is 0 Å². The molecule has 98 valence electrons. The molecule has 1 aromatic rings. The third kappa shape index (κ3) is 3.85. The highest BCUT2D eigenvalue weighted by atomic mass is 32.2. The van der Waals surface area contributed by atoms with Crippen LogP contribution in [0.1, 0.15) is 13.8 Å². The van der Waals surface area contributed by atoms with Crippen molar-refractivity contribution >= 4 is 11.8 Å². The standard InChI is InChI=1S/C14H18O3S/c1-14(2)16-10-13(17-14)12(15)8-9-18-11-6-4-3-5-7-11/h3-9,12-13,15H,10H2,1-2H3/b9-8+/t12-,13-/m1/s1. The molecular formula is C14H18O3S. The SMILES string of the molecule is CC1(C)OC[C@H]([C@H](O)/C=C/Sc2ccccc2)O1. The molecule has 1 aromatic carbocycles. The minimum absolute atomic E-state index is 0.285. The van der Waals surface area contributed by atoms with Gasteiger partial charge in [0.05, 0.1) is 6.61 Å². The smallest absolute Gasteiger partial charge is 0.163 e. The van der Waals surface area contributed by atoms with Crippen LogP contribution in [0.2, 0.25) is 0 Å². The zero-order valence-electron chi connectivity index (χ0n) is 10.6. The average molecular weight is 266 g/mol. The van der Waals surface area contributed by atoms with Crippen molar-refractivity contribution < 1.29 is 14.6 Å². The van der Waals surface area contributed by atoms with E-state index < -0.39 is 11.9 Å². The van der Waals surface area contributed by atoms with Gasteiger partial charge in [0.25, 0.3) is 0 Å². The highest BCUT2D eigenvalue weighted by molar-refractivity contribution is 8.02. The second-order valence-electron chi connectivity index (χ2n) is 4.62. The van der Waals surface area contributed by atoms with E-state index in [1.165, 1.54) is 0 Å². The van der Waals surface area contributed by atoms with Crippen LogP contribution in [-0.2, 0) is 9.47 Å². The van der Waals surface area contributed by atoms with E-state index in [2.05, 4.69) is 0 Å². The molecule has 0 amide bonds. The largest absolute Gasteiger partial charge is 0.386 e.